The van der Waals surface area contributed by atoms with Gasteiger partial charge in [-0.15, -0.1) is 0 Å². The molecule has 0 unspecified atom stereocenters. The quantitative estimate of drug-likeness (QED) is 0.473. The Morgan fingerprint density at radius 2 is 1.47 bits per heavy atom. The Balaban J connectivity index is 1.38. The minimum Gasteiger partial charge on any atom is -0.480 e. The fourth-order valence-electron chi connectivity index (χ4n) is 4.17. The molecule has 3 aromatic rings. The van der Waals surface area contributed by atoms with Gasteiger partial charge in [0.05, 0.1) is 6.61 Å². The standard InChI is InChI=1S/C26H24N2O6/c29-14-13-28(15-24(30)31)25(32)17-9-11-18(12-10-17)27-26(33)34-16-23-21-7-3-1-5-19(21)20-6-2-4-8-22(20)23/h1-12,23,29H,13-16H2,(H,27,33)(H,30,31). The van der Waals surface area contributed by atoms with E-state index in [9.17, 15) is 14.4 Å². The summed E-state index contributed by atoms with van der Waals surface area (Å²) in [6, 6.07) is 22.2. The van der Waals surface area contributed by atoms with E-state index >= 15 is 0 Å². The largest absolute Gasteiger partial charge is 0.480 e. The Morgan fingerprint density at radius 1 is 0.882 bits per heavy atom. The third-order valence-electron chi connectivity index (χ3n) is 5.71. The van der Waals surface area contributed by atoms with E-state index in [1.54, 1.807) is 0 Å². The van der Waals surface area contributed by atoms with E-state index < -0.39 is 24.5 Å². The molecule has 0 atom stereocenters. The Hall–Kier alpha value is -4.17. The fraction of sp³-hybridized carbons (Fsp3) is 0.192. The minimum absolute atomic E-state index is 0.0510. The zero-order valence-corrected chi connectivity index (χ0v) is 18.3. The smallest absolute Gasteiger partial charge is 0.411 e. The van der Waals surface area contributed by atoms with Gasteiger partial charge in [-0.25, -0.2) is 4.79 Å². The summed E-state index contributed by atoms with van der Waals surface area (Å²) in [4.78, 5) is 36.9. The average molecular weight is 460 g/mol. The molecule has 1 aliphatic carbocycles. The highest BCUT2D eigenvalue weighted by atomic mass is 16.5. The molecule has 3 aromatic carbocycles. The lowest BCUT2D eigenvalue weighted by molar-refractivity contribution is -0.137. The summed E-state index contributed by atoms with van der Waals surface area (Å²) in [6.07, 6.45) is -0.617. The molecule has 0 heterocycles. The first-order chi connectivity index (χ1) is 16.5. The van der Waals surface area contributed by atoms with Gasteiger partial charge in [-0.05, 0) is 46.5 Å². The molecule has 0 spiro atoms. The van der Waals surface area contributed by atoms with Gasteiger partial charge in [-0.1, -0.05) is 48.5 Å². The van der Waals surface area contributed by atoms with E-state index in [0.717, 1.165) is 27.2 Å². The number of rotatable bonds is 8. The minimum atomic E-state index is -1.17. The number of ether oxygens (including phenoxy) is 1. The summed E-state index contributed by atoms with van der Waals surface area (Å²) in [6.45, 7) is -0.772. The summed E-state index contributed by atoms with van der Waals surface area (Å²) in [5.41, 5.74) is 5.20. The molecule has 0 fully saturated rings. The van der Waals surface area contributed by atoms with Crippen LogP contribution in [0.5, 0.6) is 0 Å². The third kappa shape index (κ3) is 4.92. The van der Waals surface area contributed by atoms with E-state index in [4.69, 9.17) is 14.9 Å². The number of aliphatic hydroxyl groups is 1. The van der Waals surface area contributed by atoms with Crippen LogP contribution in [0.25, 0.3) is 11.1 Å². The number of fused-ring (bicyclic) bond motifs is 3. The van der Waals surface area contributed by atoms with Crippen LogP contribution in [-0.2, 0) is 9.53 Å². The van der Waals surface area contributed by atoms with Gasteiger partial charge in [-0.3, -0.25) is 14.9 Å². The third-order valence-corrected chi connectivity index (χ3v) is 5.71. The molecular formula is C26H24N2O6. The molecule has 0 saturated carbocycles. The number of nitrogens with one attached hydrogen (secondary N) is 1. The number of amides is 2. The van der Waals surface area contributed by atoms with Crippen molar-refractivity contribution in [1.29, 1.82) is 0 Å². The van der Waals surface area contributed by atoms with Gasteiger partial charge in [-0.2, -0.15) is 0 Å². The van der Waals surface area contributed by atoms with Crippen molar-refractivity contribution in [1.82, 2.24) is 4.90 Å². The first-order valence-corrected chi connectivity index (χ1v) is 10.8. The highest BCUT2D eigenvalue weighted by Gasteiger charge is 2.29. The molecule has 4 rings (SSSR count). The fourth-order valence-corrected chi connectivity index (χ4v) is 4.17. The summed E-state index contributed by atoms with van der Waals surface area (Å²) in [5.74, 6) is -1.75. The number of carbonyl (C=O) groups excluding carboxylic acids is 2. The molecule has 0 aromatic heterocycles. The van der Waals surface area contributed by atoms with Crippen LogP contribution in [0.15, 0.2) is 72.8 Å². The van der Waals surface area contributed by atoms with Gasteiger partial charge in [0.1, 0.15) is 13.2 Å². The molecule has 1 aliphatic rings. The second-order valence-electron chi connectivity index (χ2n) is 7.87. The summed E-state index contributed by atoms with van der Waals surface area (Å²) in [5, 5.41) is 20.7. The predicted molar refractivity (Wildman–Crippen MR) is 126 cm³/mol. The van der Waals surface area contributed by atoms with Crippen molar-refractivity contribution in [3.8, 4) is 11.1 Å². The topological polar surface area (TPSA) is 116 Å². The Bertz CT molecular complexity index is 1160. The first-order valence-electron chi connectivity index (χ1n) is 10.8. The van der Waals surface area contributed by atoms with E-state index in [1.165, 1.54) is 24.3 Å². The predicted octanol–water partition coefficient (Wildman–Crippen LogP) is 3.57. The summed E-state index contributed by atoms with van der Waals surface area (Å²) >= 11 is 0. The maximum absolute atomic E-state index is 12.5. The maximum atomic E-state index is 12.5. The van der Waals surface area contributed by atoms with E-state index in [1.807, 2.05) is 36.4 Å². The number of carboxylic acids is 1. The number of hydrogen-bond donors (Lipinski definition) is 3. The second-order valence-corrected chi connectivity index (χ2v) is 7.87. The van der Waals surface area contributed by atoms with E-state index in [-0.39, 0.29) is 31.2 Å². The van der Waals surface area contributed by atoms with Crippen LogP contribution in [0, 0.1) is 0 Å². The monoisotopic (exact) mass is 460 g/mol. The zero-order valence-electron chi connectivity index (χ0n) is 18.3. The molecule has 174 valence electrons. The molecule has 3 N–H and O–H groups in total. The molecular weight excluding hydrogens is 436 g/mol. The normalized spacial score (nSPS) is 11.9. The molecule has 0 saturated heterocycles. The lowest BCUT2D eigenvalue weighted by Gasteiger charge is -2.19. The van der Waals surface area contributed by atoms with Gasteiger partial charge in [0.2, 0.25) is 0 Å². The van der Waals surface area contributed by atoms with Crippen molar-refractivity contribution in [2.45, 2.75) is 5.92 Å². The molecule has 0 aliphatic heterocycles. The number of carbonyl (C=O) groups is 3. The average Bonchev–Trinajstić information content (AvgIpc) is 3.16. The Morgan fingerprint density at radius 3 is 2.03 bits per heavy atom. The number of hydrogen-bond acceptors (Lipinski definition) is 5. The molecule has 34 heavy (non-hydrogen) atoms. The van der Waals surface area contributed by atoms with Crippen molar-refractivity contribution >= 4 is 23.7 Å². The van der Waals surface area contributed by atoms with Crippen LogP contribution in [0.4, 0.5) is 10.5 Å². The van der Waals surface area contributed by atoms with Crippen LogP contribution in [0.2, 0.25) is 0 Å². The summed E-state index contributed by atoms with van der Waals surface area (Å²) < 4.78 is 5.52. The Labute approximate surface area is 196 Å². The summed E-state index contributed by atoms with van der Waals surface area (Å²) in [7, 11) is 0. The van der Waals surface area contributed by atoms with Gasteiger partial charge in [0.15, 0.2) is 0 Å². The first kappa shape index (κ1) is 23.0. The van der Waals surface area contributed by atoms with Gasteiger partial charge < -0.3 is 19.8 Å². The van der Waals surface area contributed by atoms with Gasteiger partial charge >= 0.3 is 12.1 Å². The SMILES string of the molecule is O=C(O)CN(CCO)C(=O)c1ccc(NC(=O)OCC2c3ccccc3-c3ccccc32)cc1. The molecule has 8 nitrogen and oxygen atoms in total. The van der Waals surface area contributed by atoms with Gasteiger partial charge in [0, 0.05) is 23.7 Å². The van der Waals surface area contributed by atoms with Crippen LogP contribution in [0.1, 0.15) is 27.4 Å². The number of aliphatic carboxylic acids is 1. The number of nitrogens with zero attached hydrogens (tertiary/aromatic N) is 1. The molecule has 0 bridgehead atoms. The second kappa shape index (κ2) is 10.2. The van der Waals surface area contributed by atoms with Crippen molar-refractivity contribution < 1.29 is 29.3 Å². The highest BCUT2D eigenvalue weighted by molar-refractivity contribution is 5.96. The van der Waals surface area contributed by atoms with Crippen LogP contribution in [-0.4, -0.2) is 59.4 Å². The van der Waals surface area contributed by atoms with Crippen molar-refractivity contribution in [2.24, 2.45) is 0 Å². The molecule has 2 amide bonds. The number of benzene rings is 3. The Kier molecular flexibility index (Phi) is 6.89. The van der Waals surface area contributed by atoms with Crippen LogP contribution < -0.4 is 5.32 Å². The van der Waals surface area contributed by atoms with Gasteiger partial charge in [0.25, 0.3) is 5.91 Å². The lowest BCUT2D eigenvalue weighted by atomic mass is 9.98. The zero-order chi connectivity index (χ0) is 24.1. The van der Waals surface area contributed by atoms with E-state index in [2.05, 4.69) is 17.4 Å². The maximum Gasteiger partial charge on any atom is 0.411 e. The highest BCUT2D eigenvalue weighted by Crippen LogP contribution is 2.44. The van der Waals surface area contributed by atoms with Crippen LogP contribution in [0.3, 0.4) is 0 Å². The van der Waals surface area contributed by atoms with Crippen molar-refractivity contribution in [3.63, 3.8) is 0 Å². The number of anilines is 1. The van der Waals surface area contributed by atoms with Crippen molar-refractivity contribution in [3.05, 3.63) is 89.5 Å². The number of aliphatic hydroxyl groups excluding tert-OH is 1. The molecule has 8 heteroatoms. The van der Waals surface area contributed by atoms with Crippen LogP contribution >= 0.6 is 0 Å². The molecule has 0 radical (unpaired) electrons. The number of carboxylic acid groups (broad SMARTS) is 1. The van der Waals surface area contributed by atoms with E-state index in [0.29, 0.717) is 5.69 Å². The van der Waals surface area contributed by atoms with Crippen molar-refractivity contribution in [2.75, 3.05) is 31.6 Å². The lowest BCUT2D eigenvalue weighted by Crippen LogP contribution is -2.37.